The summed E-state index contributed by atoms with van der Waals surface area (Å²) < 4.78 is 7.91. The molecule has 0 atom stereocenters. The molecule has 5 heteroatoms. The van der Waals surface area contributed by atoms with Crippen molar-refractivity contribution in [2.24, 2.45) is 0 Å². The van der Waals surface area contributed by atoms with E-state index in [0.29, 0.717) is 22.3 Å². The van der Waals surface area contributed by atoms with E-state index in [4.69, 9.17) is 4.74 Å². The van der Waals surface area contributed by atoms with Crippen molar-refractivity contribution >= 4 is 33.2 Å². The van der Waals surface area contributed by atoms with E-state index in [-0.39, 0.29) is 12.4 Å². The molecule has 30 heavy (non-hydrogen) atoms. The molecule has 0 amide bonds. The maximum absolute atomic E-state index is 13.2. The van der Waals surface area contributed by atoms with Crippen molar-refractivity contribution < 1.29 is 14.3 Å². The third kappa shape index (κ3) is 4.07. The number of benzene rings is 2. The molecule has 2 aromatic carbocycles. The summed E-state index contributed by atoms with van der Waals surface area (Å²) in [5.41, 5.74) is 4.29. The van der Waals surface area contributed by atoms with E-state index in [2.05, 4.69) is 28.1 Å². The fourth-order valence-corrected chi connectivity index (χ4v) is 3.74. The van der Waals surface area contributed by atoms with E-state index in [1.807, 2.05) is 48.7 Å². The van der Waals surface area contributed by atoms with Crippen molar-refractivity contribution in [3.63, 3.8) is 0 Å². The summed E-state index contributed by atoms with van der Waals surface area (Å²) in [5.74, 6) is -0.578. The van der Waals surface area contributed by atoms with Crippen LogP contribution in [0, 0.1) is 0 Å². The van der Waals surface area contributed by atoms with E-state index >= 15 is 0 Å². The highest BCUT2D eigenvalue weighted by atomic mass is 79.9. The number of ketones is 1. The van der Waals surface area contributed by atoms with Gasteiger partial charge in [-0.2, -0.15) is 0 Å². The summed E-state index contributed by atoms with van der Waals surface area (Å²) in [6.07, 6.45) is 2.59. The molecule has 0 saturated heterocycles. The van der Waals surface area contributed by atoms with Gasteiger partial charge < -0.3 is 9.14 Å². The van der Waals surface area contributed by atoms with Crippen LogP contribution in [0.2, 0.25) is 0 Å². The molecule has 2 aromatic heterocycles. The number of rotatable bonds is 6. The van der Waals surface area contributed by atoms with Crippen LogP contribution < -0.4 is 0 Å². The molecule has 0 spiro atoms. The van der Waals surface area contributed by atoms with Gasteiger partial charge in [-0.1, -0.05) is 46.3 Å². The highest BCUT2D eigenvalue weighted by Gasteiger charge is 2.21. The summed E-state index contributed by atoms with van der Waals surface area (Å²) in [4.78, 5) is 25.7. The minimum atomic E-state index is -0.429. The quantitative estimate of drug-likeness (QED) is 0.273. The predicted octanol–water partition coefficient (Wildman–Crippen LogP) is 5.70. The molecule has 0 N–H and O–H groups in total. The molecule has 0 bridgehead atoms. The van der Waals surface area contributed by atoms with Crippen molar-refractivity contribution in [3.8, 4) is 0 Å². The molecule has 0 aliphatic rings. The fourth-order valence-electron chi connectivity index (χ4n) is 3.48. The summed E-state index contributed by atoms with van der Waals surface area (Å²) in [7, 11) is 0. The average molecular weight is 462 g/mol. The molecule has 0 fully saturated rings. The first-order valence-electron chi connectivity index (χ1n) is 9.72. The average Bonchev–Trinajstić information content (AvgIpc) is 3.14. The largest absolute Gasteiger partial charge is 0.462 e. The van der Waals surface area contributed by atoms with Gasteiger partial charge in [0.15, 0.2) is 0 Å². The Morgan fingerprint density at radius 1 is 0.933 bits per heavy atom. The molecule has 0 aliphatic carbocycles. The van der Waals surface area contributed by atoms with E-state index in [9.17, 15) is 9.59 Å². The van der Waals surface area contributed by atoms with E-state index < -0.39 is 5.97 Å². The summed E-state index contributed by atoms with van der Waals surface area (Å²) >= 11 is 3.39. The summed E-state index contributed by atoms with van der Waals surface area (Å²) in [6, 6.07) is 22.9. The van der Waals surface area contributed by atoms with Gasteiger partial charge in [0.2, 0.25) is 5.78 Å². The molecule has 150 valence electrons. The SMILES string of the molecule is CCOC(=O)c1cc(C(=O)c2ccc(Br)cc2)n2ccc(Cc3ccccc3)cc12. The van der Waals surface area contributed by atoms with Gasteiger partial charge >= 0.3 is 5.97 Å². The highest BCUT2D eigenvalue weighted by molar-refractivity contribution is 9.10. The maximum Gasteiger partial charge on any atom is 0.340 e. The molecular weight excluding hydrogens is 442 g/mol. The Morgan fingerprint density at radius 2 is 1.67 bits per heavy atom. The van der Waals surface area contributed by atoms with Crippen LogP contribution in [-0.2, 0) is 11.2 Å². The Kier molecular flexibility index (Phi) is 5.81. The van der Waals surface area contributed by atoms with E-state index in [0.717, 1.165) is 16.5 Å². The topological polar surface area (TPSA) is 47.8 Å². The third-order valence-electron chi connectivity index (χ3n) is 4.92. The van der Waals surface area contributed by atoms with Crippen molar-refractivity contribution in [2.75, 3.05) is 6.61 Å². The van der Waals surface area contributed by atoms with Crippen LogP contribution in [0.5, 0.6) is 0 Å². The number of pyridine rings is 1. The minimum Gasteiger partial charge on any atom is -0.462 e. The zero-order valence-corrected chi connectivity index (χ0v) is 18.1. The number of carbonyl (C=O) groups is 2. The fraction of sp³-hybridized carbons (Fsp3) is 0.120. The first-order chi connectivity index (χ1) is 14.6. The van der Waals surface area contributed by atoms with Crippen molar-refractivity contribution in [1.29, 1.82) is 0 Å². The van der Waals surface area contributed by atoms with Gasteiger partial charge in [0.05, 0.1) is 23.4 Å². The summed E-state index contributed by atoms with van der Waals surface area (Å²) in [6.45, 7) is 2.04. The molecule has 0 saturated carbocycles. The van der Waals surface area contributed by atoms with Crippen LogP contribution >= 0.6 is 15.9 Å². The lowest BCUT2D eigenvalue weighted by atomic mass is 10.1. The predicted molar refractivity (Wildman–Crippen MR) is 120 cm³/mol. The van der Waals surface area contributed by atoms with Crippen molar-refractivity contribution in [2.45, 2.75) is 13.3 Å². The number of esters is 1. The van der Waals surface area contributed by atoms with Crippen molar-refractivity contribution in [3.05, 3.63) is 111 Å². The van der Waals surface area contributed by atoms with Gasteiger partial charge in [-0.3, -0.25) is 4.79 Å². The number of hydrogen-bond donors (Lipinski definition) is 0. The monoisotopic (exact) mass is 461 g/mol. The Labute approximate surface area is 183 Å². The highest BCUT2D eigenvalue weighted by Crippen LogP contribution is 2.24. The van der Waals surface area contributed by atoms with E-state index in [1.165, 1.54) is 5.56 Å². The van der Waals surface area contributed by atoms with E-state index in [1.54, 1.807) is 29.5 Å². The zero-order chi connectivity index (χ0) is 21.1. The van der Waals surface area contributed by atoms with Crippen LogP contribution in [0.25, 0.3) is 5.52 Å². The Morgan fingerprint density at radius 3 is 2.37 bits per heavy atom. The van der Waals surface area contributed by atoms with Gasteiger partial charge in [-0.05, 0) is 66.9 Å². The zero-order valence-electron chi connectivity index (χ0n) is 16.5. The lowest BCUT2D eigenvalue weighted by molar-refractivity contribution is 0.0529. The minimum absolute atomic E-state index is 0.149. The lowest BCUT2D eigenvalue weighted by Crippen LogP contribution is -2.05. The van der Waals surface area contributed by atoms with Gasteiger partial charge in [-0.25, -0.2) is 4.79 Å². The normalized spacial score (nSPS) is 10.9. The Hall–Kier alpha value is -3.18. The Balaban J connectivity index is 1.80. The lowest BCUT2D eigenvalue weighted by Gasteiger charge is -2.07. The molecule has 2 heterocycles. The number of ether oxygens (including phenoxy) is 1. The van der Waals surface area contributed by atoms with Crippen molar-refractivity contribution in [1.82, 2.24) is 4.40 Å². The standard InChI is InChI=1S/C25H20BrNO3/c1-2-30-25(29)21-16-23(24(28)19-8-10-20(26)11-9-19)27-13-12-18(15-22(21)27)14-17-6-4-3-5-7-17/h3-13,15-16H,2,14H2,1H3. The molecule has 0 unspecified atom stereocenters. The van der Waals surface area contributed by atoms with Crippen LogP contribution in [-0.4, -0.2) is 22.8 Å². The molecule has 0 radical (unpaired) electrons. The first-order valence-corrected chi connectivity index (χ1v) is 10.5. The van der Waals surface area contributed by atoms with Crippen LogP contribution in [0.1, 0.15) is 44.5 Å². The maximum atomic E-state index is 13.2. The number of carbonyl (C=O) groups excluding carboxylic acids is 2. The number of fused-ring (bicyclic) bond motifs is 1. The van der Waals surface area contributed by atoms with Gasteiger partial charge in [0, 0.05) is 16.2 Å². The molecule has 4 aromatic rings. The summed E-state index contributed by atoms with van der Waals surface area (Å²) in [5, 5.41) is 0. The first kappa shape index (κ1) is 20.1. The number of aromatic nitrogens is 1. The number of halogens is 1. The van der Waals surface area contributed by atoms with Crippen LogP contribution in [0.4, 0.5) is 0 Å². The molecule has 4 rings (SSSR count). The second kappa shape index (κ2) is 8.67. The molecule has 4 nitrogen and oxygen atoms in total. The Bertz CT molecular complexity index is 1210. The second-order valence-corrected chi connectivity index (χ2v) is 7.87. The van der Waals surface area contributed by atoms with Crippen LogP contribution in [0.3, 0.4) is 0 Å². The van der Waals surface area contributed by atoms with Gasteiger partial charge in [-0.15, -0.1) is 0 Å². The number of hydrogen-bond acceptors (Lipinski definition) is 3. The smallest absolute Gasteiger partial charge is 0.340 e. The third-order valence-corrected chi connectivity index (χ3v) is 5.45. The second-order valence-electron chi connectivity index (χ2n) is 6.95. The van der Waals surface area contributed by atoms with Gasteiger partial charge in [0.25, 0.3) is 0 Å². The molecule has 0 aliphatic heterocycles. The van der Waals surface area contributed by atoms with Crippen LogP contribution in [0.15, 0.2) is 83.5 Å². The molecular formula is C25H20BrNO3. The van der Waals surface area contributed by atoms with Gasteiger partial charge in [0.1, 0.15) is 0 Å². The number of nitrogens with zero attached hydrogens (tertiary/aromatic N) is 1.